The molecule has 36 heavy (non-hydrogen) atoms. The average molecular weight is 501 g/mol. The van der Waals surface area contributed by atoms with Gasteiger partial charge in [-0.1, -0.05) is 0 Å². The van der Waals surface area contributed by atoms with E-state index in [0.717, 1.165) is 12.8 Å². The summed E-state index contributed by atoms with van der Waals surface area (Å²) in [6, 6.07) is 4.22. The van der Waals surface area contributed by atoms with Gasteiger partial charge in [0, 0.05) is 38.2 Å². The number of fused-ring (bicyclic) bond motifs is 1. The Morgan fingerprint density at radius 1 is 1.22 bits per heavy atom. The lowest BCUT2D eigenvalue weighted by molar-refractivity contribution is 0.00797. The highest BCUT2D eigenvalue weighted by molar-refractivity contribution is 5.84. The maximum atomic E-state index is 14.1. The quantitative estimate of drug-likeness (QED) is 0.350. The minimum atomic E-state index is -2.91. The Hall–Kier alpha value is -4.20. The highest BCUT2D eigenvalue weighted by Gasteiger charge is 2.44. The molecule has 0 aromatic carbocycles. The summed E-state index contributed by atoms with van der Waals surface area (Å²) in [5.74, 6) is 0.0341. The molecule has 0 amide bonds. The van der Waals surface area contributed by atoms with E-state index in [-0.39, 0.29) is 51.8 Å². The first-order valence-electron chi connectivity index (χ1n) is 10.9. The van der Waals surface area contributed by atoms with Gasteiger partial charge in [0.05, 0.1) is 10.9 Å². The maximum Gasteiger partial charge on any atom is 0.325 e. The van der Waals surface area contributed by atoms with Gasteiger partial charge < -0.3 is 19.2 Å². The molecular formula is C22H21F2N7O5. The van der Waals surface area contributed by atoms with E-state index in [1.54, 1.807) is 14.2 Å². The topological polar surface area (TPSA) is 150 Å². The van der Waals surface area contributed by atoms with Crippen LogP contribution >= 0.6 is 0 Å². The second kappa shape index (κ2) is 9.11. The van der Waals surface area contributed by atoms with Gasteiger partial charge in [-0.25, -0.2) is 23.2 Å². The molecule has 0 aliphatic heterocycles. The van der Waals surface area contributed by atoms with Crippen molar-refractivity contribution in [1.29, 1.82) is 0 Å². The normalized spacial score (nSPS) is 15.2. The molecule has 4 aromatic rings. The third-order valence-corrected chi connectivity index (χ3v) is 5.93. The van der Waals surface area contributed by atoms with Gasteiger partial charge >= 0.3 is 5.69 Å². The molecule has 1 aliphatic rings. The second-order valence-electron chi connectivity index (χ2n) is 8.36. The SMILES string of the molecule is COC1(COc2cc([C@@H](Oc3nn(C)c4nnc(-c5c[nH]c(=O)[nH]c5=O)cc34)C(F)F)ccn2)CC1. The molecule has 188 valence electrons. The number of alkyl halides is 2. The smallest absolute Gasteiger partial charge is 0.325 e. The van der Waals surface area contributed by atoms with Crippen molar-refractivity contribution in [2.75, 3.05) is 13.7 Å². The predicted octanol–water partition coefficient (Wildman–Crippen LogP) is 1.74. The molecule has 0 saturated heterocycles. The van der Waals surface area contributed by atoms with Gasteiger partial charge in [0.2, 0.25) is 11.8 Å². The second-order valence-corrected chi connectivity index (χ2v) is 8.36. The number of nitrogens with zero attached hydrogens (tertiary/aromatic N) is 5. The number of hydrogen-bond donors (Lipinski definition) is 2. The molecule has 14 heteroatoms. The molecule has 4 heterocycles. The summed E-state index contributed by atoms with van der Waals surface area (Å²) in [6.45, 7) is 0.260. The molecule has 0 spiro atoms. The van der Waals surface area contributed by atoms with Crippen LogP contribution < -0.4 is 20.7 Å². The van der Waals surface area contributed by atoms with Crippen molar-refractivity contribution in [2.45, 2.75) is 31.0 Å². The largest absolute Gasteiger partial charge is 0.475 e. The van der Waals surface area contributed by atoms with E-state index in [1.165, 1.54) is 35.3 Å². The van der Waals surface area contributed by atoms with Crippen LogP contribution in [0.4, 0.5) is 8.78 Å². The summed E-state index contributed by atoms with van der Waals surface area (Å²) >= 11 is 0. The van der Waals surface area contributed by atoms with Crippen LogP contribution in [0.3, 0.4) is 0 Å². The highest BCUT2D eigenvalue weighted by Crippen LogP contribution is 2.39. The minimum Gasteiger partial charge on any atom is -0.475 e. The lowest BCUT2D eigenvalue weighted by atomic mass is 10.1. The Morgan fingerprint density at radius 3 is 2.72 bits per heavy atom. The van der Waals surface area contributed by atoms with Gasteiger partial charge in [-0.2, -0.15) is 0 Å². The van der Waals surface area contributed by atoms with E-state index < -0.39 is 23.8 Å². The molecule has 1 saturated carbocycles. The number of nitrogens with one attached hydrogen (secondary N) is 2. The molecule has 0 unspecified atom stereocenters. The molecular weight excluding hydrogens is 480 g/mol. The van der Waals surface area contributed by atoms with Gasteiger partial charge in [0.1, 0.15) is 17.9 Å². The van der Waals surface area contributed by atoms with Crippen LogP contribution in [0.1, 0.15) is 24.5 Å². The van der Waals surface area contributed by atoms with Gasteiger partial charge in [-0.15, -0.1) is 15.3 Å². The number of rotatable bonds is 9. The van der Waals surface area contributed by atoms with Gasteiger partial charge in [-0.3, -0.25) is 9.78 Å². The van der Waals surface area contributed by atoms with E-state index in [2.05, 4.69) is 30.2 Å². The van der Waals surface area contributed by atoms with Crippen molar-refractivity contribution in [1.82, 2.24) is 34.9 Å². The van der Waals surface area contributed by atoms with E-state index >= 15 is 0 Å². The monoisotopic (exact) mass is 501 g/mol. The molecule has 1 aliphatic carbocycles. The van der Waals surface area contributed by atoms with Crippen molar-refractivity contribution < 1.29 is 23.0 Å². The lowest BCUT2D eigenvalue weighted by Gasteiger charge is -2.19. The number of aryl methyl sites for hydroxylation is 1. The zero-order valence-electron chi connectivity index (χ0n) is 19.2. The van der Waals surface area contributed by atoms with Crippen molar-refractivity contribution in [2.24, 2.45) is 7.05 Å². The summed E-state index contributed by atoms with van der Waals surface area (Å²) in [7, 11) is 3.15. The third kappa shape index (κ3) is 4.54. The first kappa shape index (κ1) is 23.5. The summed E-state index contributed by atoms with van der Waals surface area (Å²) in [5, 5.41) is 12.4. The molecule has 1 atom stereocenters. The number of H-pyrrole nitrogens is 2. The summed E-state index contributed by atoms with van der Waals surface area (Å²) < 4.78 is 46.3. The van der Waals surface area contributed by atoms with Crippen LogP contribution in [0.2, 0.25) is 0 Å². The Morgan fingerprint density at radius 2 is 2.03 bits per heavy atom. The van der Waals surface area contributed by atoms with Crippen LogP contribution in [-0.2, 0) is 11.8 Å². The number of aromatic amines is 2. The van der Waals surface area contributed by atoms with Crippen LogP contribution in [0.15, 0.2) is 40.2 Å². The number of ether oxygens (including phenoxy) is 3. The first-order chi connectivity index (χ1) is 17.3. The molecule has 12 nitrogen and oxygen atoms in total. The van der Waals surface area contributed by atoms with Crippen molar-refractivity contribution in [3.8, 4) is 23.0 Å². The number of methoxy groups -OCH3 is 1. The van der Waals surface area contributed by atoms with Gasteiger partial charge in [0.15, 0.2) is 11.8 Å². The van der Waals surface area contributed by atoms with Crippen LogP contribution in [-0.4, -0.2) is 60.7 Å². The van der Waals surface area contributed by atoms with E-state index in [0.29, 0.717) is 0 Å². The standard InChI is InChI=1S/C22H21F2N7O5/c1-31-18-12(8-14(28-29-18)13-9-26-21(33)27-19(13)32)20(30-31)36-16(17(23)24)11-3-6-25-15(7-11)35-10-22(34-2)4-5-22/h3,6-9,16-17H,4-5,10H2,1-2H3,(H2,26,27,32,33)/t16-/m1/s1. The van der Waals surface area contributed by atoms with Gasteiger partial charge in [-0.05, 0) is 25.0 Å². The maximum absolute atomic E-state index is 14.1. The molecule has 4 aromatic heterocycles. The Balaban J connectivity index is 1.46. The molecule has 1 fully saturated rings. The predicted molar refractivity (Wildman–Crippen MR) is 121 cm³/mol. The summed E-state index contributed by atoms with van der Waals surface area (Å²) in [4.78, 5) is 32.0. The van der Waals surface area contributed by atoms with Gasteiger partial charge in [0.25, 0.3) is 12.0 Å². The van der Waals surface area contributed by atoms with Crippen molar-refractivity contribution >= 4 is 11.0 Å². The van der Waals surface area contributed by atoms with Crippen LogP contribution in [0, 0.1) is 0 Å². The van der Waals surface area contributed by atoms with Crippen LogP contribution in [0.5, 0.6) is 11.8 Å². The molecule has 2 N–H and O–H groups in total. The fourth-order valence-corrected chi connectivity index (χ4v) is 3.66. The van der Waals surface area contributed by atoms with E-state index in [9.17, 15) is 18.4 Å². The number of halogens is 2. The fourth-order valence-electron chi connectivity index (χ4n) is 3.66. The summed E-state index contributed by atoms with van der Waals surface area (Å²) in [5.41, 5.74) is -1.21. The fraction of sp³-hybridized carbons (Fsp3) is 0.364. The lowest BCUT2D eigenvalue weighted by Crippen LogP contribution is -2.22. The van der Waals surface area contributed by atoms with E-state index in [4.69, 9.17) is 14.2 Å². The summed E-state index contributed by atoms with van der Waals surface area (Å²) in [6.07, 6.45) is -0.355. The van der Waals surface area contributed by atoms with Crippen molar-refractivity contribution in [3.05, 3.63) is 57.0 Å². The van der Waals surface area contributed by atoms with Crippen LogP contribution in [0.25, 0.3) is 22.3 Å². The Kier molecular flexibility index (Phi) is 5.96. The van der Waals surface area contributed by atoms with Crippen molar-refractivity contribution in [3.63, 3.8) is 0 Å². The minimum absolute atomic E-state index is 0.0321. The average Bonchev–Trinajstić information content (AvgIpc) is 3.58. The highest BCUT2D eigenvalue weighted by atomic mass is 19.3. The molecule has 5 rings (SSSR count). The number of pyridine rings is 1. The van der Waals surface area contributed by atoms with E-state index in [1.807, 2.05) is 0 Å². The third-order valence-electron chi connectivity index (χ3n) is 5.93. The molecule has 0 radical (unpaired) electrons. The number of aromatic nitrogens is 7. The zero-order chi connectivity index (χ0) is 25.4. The Labute approximate surface area is 201 Å². The first-order valence-corrected chi connectivity index (χ1v) is 10.9. The Bertz CT molecular complexity index is 1530. The number of hydrogen-bond acceptors (Lipinski definition) is 9. The zero-order valence-corrected chi connectivity index (χ0v) is 19.2. The molecule has 0 bridgehead atoms.